The van der Waals surface area contributed by atoms with Crippen LogP contribution in [0, 0.1) is 5.82 Å². The molecule has 3 aromatic rings. The maximum Gasteiger partial charge on any atom is 0.218 e. The standard InChI is InChI=1S/C17H15FN4O2/c1-23-16-8-15(19-10-20-16)22-7-6-14-12(9-22)17(21-24-14)11-4-2-3-5-13(11)18/h2-5,8,10H,6-7,9H2,1H3. The van der Waals surface area contributed by atoms with Gasteiger partial charge in [0.2, 0.25) is 5.88 Å². The van der Waals surface area contributed by atoms with Crippen LogP contribution in [0.5, 0.6) is 5.88 Å². The van der Waals surface area contributed by atoms with Gasteiger partial charge in [0.05, 0.1) is 13.7 Å². The fourth-order valence-corrected chi connectivity index (χ4v) is 2.88. The monoisotopic (exact) mass is 326 g/mol. The molecule has 1 aromatic carbocycles. The van der Waals surface area contributed by atoms with Gasteiger partial charge in [-0.15, -0.1) is 0 Å². The molecular weight excluding hydrogens is 311 g/mol. The van der Waals surface area contributed by atoms with E-state index in [1.807, 2.05) is 0 Å². The Hall–Kier alpha value is -2.96. The highest BCUT2D eigenvalue weighted by Crippen LogP contribution is 2.32. The van der Waals surface area contributed by atoms with Gasteiger partial charge in [-0.2, -0.15) is 0 Å². The van der Waals surface area contributed by atoms with E-state index in [0.717, 1.165) is 23.7 Å². The van der Waals surface area contributed by atoms with Crippen molar-refractivity contribution in [2.75, 3.05) is 18.6 Å². The number of hydrogen-bond donors (Lipinski definition) is 0. The lowest BCUT2D eigenvalue weighted by atomic mass is 10.0. The largest absolute Gasteiger partial charge is 0.481 e. The first kappa shape index (κ1) is 14.6. The van der Waals surface area contributed by atoms with E-state index in [9.17, 15) is 4.39 Å². The average Bonchev–Trinajstić information content (AvgIpc) is 3.05. The van der Waals surface area contributed by atoms with E-state index in [2.05, 4.69) is 20.0 Å². The lowest BCUT2D eigenvalue weighted by molar-refractivity contribution is 0.378. The number of anilines is 1. The number of benzene rings is 1. The third-order valence-electron chi connectivity index (χ3n) is 4.12. The molecule has 122 valence electrons. The summed E-state index contributed by atoms with van der Waals surface area (Å²) >= 11 is 0. The molecule has 0 unspecified atom stereocenters. The van der Waals surface area contributed by atoms with E-state index in [-0.39, 0.29) is 5.82 Å². The zero-order valence-electron chi connectivity index (χ0n) is 13.1. The maximum atomic E-state index is 14.1. The Morgan fingerprint density at radius 2 is 2.12 bits per heavy atom. The van der Waals surface area contributed by atoms with Gasteiger partial charge in [0.25, 0.3) is 0 Å². The number of methoxy groups -OCH3 is 1. The van der Waals surface area contributed by atoms with E-state index >= 15 is 0 Å². The molecule has 1 aliphatic heterocycles. The quantitative estimate of drug-likeness (QED) is 0.737. The number of halogens is 1. The van der Waals surface area contributed by atoms with Crippen molar-refractivity contribution in [3.63, 3.8) is 0 Å². The molecule has 4 rings (SSSR count). The molecule has 0 fully saturated rings. The summed E-state index contributed by atoms with van der Waals surface area (Å²) in [4.78, 5) is 10.4. The van der Waals surface area contributed by atoms with Crippen LogP contribution in [0.2, 0.25) is 0 Å². The van der Waals surface area contributed by atoms with Gasteiger partial charge >= 0.3 is 0 Å². The van der Waals surface area contributed by atoms with E-state index in [4.69, 9.17) is 9.26 Å². The van der Waals surface area contributed by atoms with Crippen molar-refractivity contribution in [3.05, 3.63) is 53.8 Å². The zero-order valence-corrected chi connectivity index (χ0v) is 13.1. The van der Waals surface area contributed by atoms with Crippen LogP contribution in [0.1, 0.15) is 11.3 Å². The SMILES string of the molecule is COc1cc(N2CCc3onc(-c4ccccc4F)c3C2)ncn1. The third-order valence-corrected chi connectivity index (χ3v) is 4.12. The minimum Gasteiger partial charge on any atom is -0.481 e. The summed E-state index contributed by atoms with van der Waals surface area (Å²) in [5.41, 5.74) is 1.89. The Kier molecular flexibility index (Phi) is 3.60. The first-order valence-corrected chi connectivity index (χ1v) is 7.59. The van der Waals surface area contributed by atoms with Gasteiger partial charge in [0.15, 0.2) is 0 Å². The second kappa shape index (κ2) is 5.92. The highest BCUT2D eigenvalue weighted by molar-refractivity contribution is 5.65. The van der Waals surface area contributed by atoms with Crippen LogP contribution in [0.3, 0.4) is 0 Å². The summed E-state index contributed by atoms with van der Waals surface area (Å²) in [6.45, 7) is 1.28. The topological polar surface area (TPSA) is 64.3 Å². The van der Waals surface area contributed by atoms with Gasteiger partial charge in [0.1, 0.15) is 29.4 Å². The van der Waals surface area contributed by atoms with E-state index in [0.29, 0.717) is 30.1 Å². The van der Waals surface area contributed by atoms with Crippen molar-refractivity contribution >= 4 is 5.82 Å². The number of aromatic nitrogens is 3. The first-order valence-electron chi connectivity index (χ1n) is 7.59. The first-order chi connectivity index (χ1) is 11.8. The van der Waals surface area contributed by atoms with Crippen molar-refractivity contribution in [3.8, 4) is 17.1 Å². The zero-order chi connectivity index (χ0) is 16.5. The van der Waals surface area contributed by atoms with Crippen LogP contribution in [0.15, 0.2) is 41.2 Å². The van der Waals surface area contributed by atoms with Gasteiger partial charge in [-0.1, -0.05) is 17.3 Å². The lowest BCUT2D eigenvalue weighted by Crippen LogP contribution is -2.30. The second-order valence-electron chi connectivity index (χ2n) is 5.50. The summed E-state index contributed by atoms with van der Waals surface area (Å²) in [6.07, 6.45) is 2.15. The molecule has 24 heavy (non-hydrogen) atoms. The predicted molar refractivity (Wildman–Crippen MR) is 85.2 cm³/mol. The summed E-state index contributed by atoms with van der Waals surface area (Å²) in [6, 6.07) is 8.36. The fraction of sp³-hybridized carbons (Fsp3) is 0.235. The van der Waals surface area contributed by atoms with Gasteiger partial charge in [-0.05, 0) is 12.1 Å². The van der Waals surface area contributed by atoms with Crippen molar-refractivity contribution in [2.45, 2.75) is 13.0 Å². The number of fused-ring (bicyclic) bond motifs is 1. The van der Waals surface area contributed by atoms with Gasteiger partial charge < -0.3 is 14.2 Å². The molecule has 0 saturated heterocycles. The normalized spacial score (nSPS) is 13.7. The Bertz CT molecular complexity index is 881. The van der Waals surface area contributed by atoms with Gasteiger partial charge in [-0.25, -0.2) is 14.4 Å². The summed E-state index contributed by atoms with van der Waals surface area (Å²) in [5, 5.41) is 4.09. The summed E-state index contributed by atoms with van der Waals surface area (Å²) < 4.78 is 24.7. The molecule has 3 heterocycles. The molecule has 0 amide bonds. The van der Waals surface area contributed by atoms with E-state index < -0.39 is 0 Å². The summed E-state index contributed by atoms with van der Waals surface area (Å²) in [5.74, 6) is 1.75. The highest BCUT2D eigenvalue weighted by Gasteiger charge is 2.27. The Labute approximate surface area is 137 Å². The molecule has 6 nitrogen and oxygen atoms in total. The van der Waals surface area contributed by atoms with Crippen molar-refractivity contribution in [2.24, 2.45) is 0 Å². The van der Waals surface area contributed by atoms with Crippen molar-refractivity contribution in [1.29, 1.82) is 0 Å². The number of ether oxygens (including phenoxy) is 1. The minimum absolute atomic E-state index is 0.311. The fourth-order valence-electron chi connectivity index (χ4n) is 2.88. The van der Waals surface area contributed by atoms with Gasteiger partial charge in [-0.3, -0.25) is 0 Å². The highest BCUT2D eigenvalue weighted by atomic mass is 19.1. The van der Waals surface area contributed by atoms with Crippen LogP contribution in [0.4, 0.5) is 10.2 Å². The predicted octanol–water partition coefficient (Wildman–Crippen LogP) is 2.84. The summed E-state index contributed by atoms with van der Waals surface area (Å²) in [7, 11) is 1.57. The number of hydrogen-bond acceptors (Lipinski definition) is 6. The van der Waals surface area contributed by atoms with E-state index in [1.165, 1.54) is 12.4 Å². The minimum atomic E-state index is -0.311. The number of rotatable bonds is 3. The maximum absolute atomic E-state index is 14.1. The van der Waals surface area contributed by atoms with E-state index in [1.54, 1.807) is 31.4 Å². The van der Waals surface area contributed by atoms with Crippen LogP contribution >= 0.6 is 0 Å². The molecule has 0 radical (unpaired) electrons. The third kappa shape index (κ3) is 2.47. The molecule has 1 aliphatic rings. The Balaban J connectivity index is 1.70. The second-order valence-corrected chi connectivity index (χ2v) is 5.50. The van der Waals surface area contributed by atoms with Gasteiger partial charge in [0, 0.05) is 30.2 Å². The van der Waals surface area contributed by atoms with Crippen molar-refractivity contribution < 1.29 is 13.7 Å². The molecule has 7 heteroatoms. The van der Waals surface area contributed by atoms with Crippen LogP contribution in [-0.4, -0.2) is 28.8 Å². The van der Waals surface area contributed by atoms with Crippen LogP contribution in [-0.2, 0) is 13.0 Å². The van der Waals surface area contributed by atoms with Crippen LogP contribution < -0.4 is 9.64 Å². The van der Waals surface area contributed by atoms with Crippen molar-refractivity contribution in [1.82, 2.24) is 15.1 Å². The molecule has 0 bridgehead atoms. The Morgan fingerprint density at radius 1 is 1.25 bits per heavy atom. The van der Waals surface area contributed by atoms with Crippen LogP contribution in [0.25, 0.3) is 11.3 Å². The smallest absolute Gasteiger partial charge is 0.218 e. The lowest BCUT2D eigenvalue weighted by Gasteiger charge is -2.27. The molecule has 0 spiro atoms. The molecule has 0 aliphatic carbocycles. The number of nitrogens with zero attached hydrogens (tertiary/aromatic N) is 4. The molecular formula is C17H15FN4O2. The average molecular weight is 326 g/mol. The molecule has 2 aromatic heterocycles. The molecule has 0 N–H and O–H groups in total. The molecule has 0 atom stereocenters. The molecule has 0 saturated carbocycles. The Morgan fingerprint density at radius 3 is 2.96 bits per heavy atom.